The predicted octanol–water partition coefficient (Wildman–Crippen LogP) is 2.25. The molecule has 1 aliphatic rings. The average molecular weight is 291 g/mol. The monoisotopic (exact) mass is 291 g/mol. The standard InChI is InChI=1S/C17H29N3O/c1-4-5-14-6-8-15(9-7-14)16(19-18)17(2,3)20-10-12-21-13-11-20/h6-9,16,19H,4-5,10-13,18H2,1-3H3. The number of nitrogens with two attached hydrogens (primary N) is 1. The Hall–Kier alpha value is -0.940. The summed E-state index contributed by atoms with van der Waals surface area (Å²) < 4.78 is 5.46. The Balaban J connectivity index is 2.16. The highest BCUT2D eigenvalue weighted by atomic mass is 16.5. The lowest BCUT2D eigenvalue weighted by Gasteiger charge is -2.45. The Morgan fingerprint density at radius 3 is 2.38 bits per heavy atom. The summed E-state index contributed by atoms with van der Waals surface area (Å²) in [7, 11) is 0. The highest BCUT2D eigenvalue weighted by Gasteiger charge is 2.36. The molecule has 3 N–H and O–H groups in total. The van der Waals surface area contributed by atoms with E-state index in [2.05, 4.69) is 55.4 Å². The van der Waals surface area contributed by atoms with E-state index in [4.69, 9.17) is 10.6 Å². The van der Waals surface area contributed by atoms with Gasteiger partial charge in [0.15, 0.2) is 0 Å². The van der Waals surface area contributed by atoms with Crippen molar-refractivity contribution in [3.05, 3.63) is 35.4 Å². The summed E-state index contributed by atoms with van der Waals surface area (Å²) in [4.78, 5) is 2.46. The molecule has 1 unspecified atom stereocenters. The van der Waals surface area contributed by atoms with Crippen LogP contribution in [0.5, 0.6) is 0 Å². The summed E-state index contributed by atoms with van der Waals surface area (Å²) in [6.07, 6.45) is 2.31. The summed E-state index contributed by atoms with van der Waals surface area (Å²) in [5, 5.41) is 0. The van der Waals surface area contributed by atoms with Crippen molar-refractivity contribution in [1.29, 1.82) is 0 Å². The number of hydrogen-bond acceptors (Lipinski definition) is 4. The number of nitrogens with one attached hydrogen (secondary N) is 1. The van der Waals surface area contributed by atoms with Gasteiger partial charge in [-0.2, -0.15) is 0 Å². The molecule has 0 aliphatic carbocycles. The molecule has 0 bridgehead atoms. The zero-order valence-corrected chi connectivity index (χ0v) is 13.6. The molecule has 1 atom stereocenters. The second-order valence-electron chi connectivity index (χ2n) is 6.34. The van der Waals surface area contributed by atoms with E-state index in [1.54, 1.807) is 0 Å². The van der Waals surface area contributed by atoms with Crippen LogP contribution in [-0.2, 0) is 11.2 Å². The van der Waals surface area contributed by atoms with E-state index in [1.807, 2.05) is 0 Å². The van der Waals surface area contributed by atoms with Crippen LogP contribution in [0.4, 0.5) is 0 Å². The molecule has 1 aromatic carbocycles. The summed E-state index contributed by atoms with van der Waals surface area (Å²) in [6.45, 7) is 10.2. The first-order chi connectivity index (χ1) is 10.1. The van der Waals surface area contributed by atoms with Crippen LogP contribution in [0.15, 0.2) is 24.3 Å². The fourth-order valence-electron chi connectivity index (χ4n) is 3.20. The van der Waals surface area contributed by atoms with Gasteiger partial charge in [0.2, 0.25) is 0 Å². The molecule has 0 saturated carbocycles. The zero-order chi connectivity index (χ0) is 15.3. The summed E-state index contributed by atoms with van der Waals surface area (Å²) in [5.41, 5.74) is 5.61. The molecule has 1 fully saturated rings. The Morgan fingerprint density at radius 2 is 1.86 bits per heavy atom. The van der Waals surface area contributed by atoms with Gasteiger partial charge in [0, 0.05) is 18.6 Å². The number of hydrogen-bond donors (Lipinski definition) is 2. The van der Waals surface area contributed by atoms with Crippen LogP contribution >= 0.6 is 0 Å². The van der Waals surface area contributed by atoms with E-state index in [0.717, 1.165) is 32.7 Å². The number of morpholine rings is 1. The Kier molecular flexibility index (Phi) is 5.76. The van der Waals surface area contributed by atoms with Crippen LogP contribution in [0.2, 0.25) is 0 Å². The van der Waals surface area contributed by atoms with Gasteiger partial charge in [-0.25, -0.2) is 0 Å². The number of aryl methyl sites for hydroxylation is 1. The number of rotatable bonds is 6. The molecule has 1 heterocycles. The van der Waals surface area contributed by atoms with Gasteiger partial charge < -0.3 is 4.74 Å². The fraction of sp³-hybridized carbons (Fsp3) is 0.647. The van der Waals surface area contributed by atoms with Gasteiger partial charge >= 0.3 is 0 Å². The van der Waals surface area contributed by atoms with Gasteiger partial charge in [-0.1, -0.05) is 37.6 Å². The summed E-state index contributed by atoms with van der Waals surface area (Å²) in [6, 6.07) is 8.96. The first-order valence-electron chi connectivity index (χ1n) is 7.97. The molecule has 1 aliphatic heterocycles. The number of ether oxygens (including phenoxy) is 1. The van der Waals surface area contributed by atoms with Crippen molar-refractivity contribution in [3.8, 4) is 0 Å². The SMILES string of the molecule is CCCc1ccc(C(NN)C(C)(C)N2CCOCC2)cc1. The lowest BCUT2D eigenvalue weighted by atomic mass is 9.86. The van der Waals surface area contributed by atoms with Gasteiger partial charge in [-0.3, -0.25) is 16.2 Å². The van der Waals surface area contributed by atoms with Gasteiger partial charge in [-0.15, -0.1) is 0 Å². The number of benzene rings is 1. The molecule has 1 saturated heterocycles. The van der Waals surface area contributed by atoms with E-state index in [9.17, 15) is 0 Å². The molecular formula is C17H29N3O. The second kappa shape index (κ2) is 7.36. The fourth-order valence-corrected chi connectivity index (χ4v) is 3.20. The van der Waals surface area contributed by atoms with Crippen molar-refractivity contribution < 1.29 is 4.74 Å². The second-order valence-corrected chi connectivity index (χ2v) is 6.34. The molecule has 0 aromatic heterocycles. The highest BCUT2D eigenvalue weighted by Crippen LogP contribution is 2.31. The predicted molar refractivity (Wildman–Crippen MR) is 87.0 cm³/mol. The third-order valence-electron chi connectivity index (χ3n) is 4.55. The number of nitrogens with zero attached hydrogens (tertiary/aromatic N) is 1. The largest absolute Gasteiger partial charge is 0.379 e. The van der Waals surface area contributed by atoms with E-state index < -0.39 is 0 Å². The summed E-state index contributed by atoms with van der Waals surface area (Å²) in [5.74, 6) is 5.89. The van der Waals surface area contributed by atoms with Crippen molar-refractivity contribution in [2.75, 3.05) is 26.3 Å². The topological polar surface area (TPSA) is 50.5 Å². The van der Waals surface area contributed by atoms with Crippen LogP contribution < -0.4 is 11.3 Å². The number of hydrazine groups is 1. The van der Waals surface area contributed by atoms with Crippen molar-refractivity contribution in [2.24, 2.45) is 5.84 Å². The Labute approximate surface area is 128 Å². The molecule has 21 heavy (non-hydrogen) atoms. The smallest absolute Gasteiger partial charge is 0.0638 e. The van der Waals surface area contributed by atoms with Crippen LogP contribution in [0.1, 0.15) is 44.4 Å². The van der Waals surface area contributed by atoms with Crippen LogP contribution in [-0.4, -0.2) is 36.7 Å². The van der Waals surface area contributed by atoms with Crippen molar-refractivity contribution >= 4 is 0 Å². The van der Waals surface area contributed by atoms with E-state index in [0.29, 0.717) is 0 Å². The maximum atomic E-state index is 5.89. The highest BCUT2D eigenvalue weighted by molar-refractivity contribution is 5.27. The van der Waals surface area contributed by atoms with Gasteiger partial charge in [0.1, 0.15) is 0 Å². The minimum atomic E-state index is -0.0508. The average Bonchev–Trinajstić information content (AvgIpc) is 2.51. The third kappa shape index (κ3) is 3.83. The molecular weight excluding hydrogens is 262 g/mol. The molecule has 0 spiro atoms. The summed E-state index contributed by atoms with van der Waals surface area (Å²) >= 11 is 0. The molecule has 4 heteroatoms. The molecule has 0 radical (unpaired) electrons. The maximum absolute atomic E-state index is 5.89. The maximum Gasteiger partial charge on any atom is 0.0638 e. The first kappa shape index (κ1) is 16.4. The molecule has 2 rings (SSSR count). The van der Waals surface area contributed by atoms with Crippen molar-refractivity contribution in [3.63, 3.8) is 0 Å². The quantitative estimate of drug-likeness (QED) is 0.623. The van der Waals surface area contributed by atoms with E-state index in [1.165, 1.54) is 17.5 Å². The molecule has 0 amide bonds. The third-order valence-corrected chi connectivity index (χ3v) is 4.55. The van der Waals surface area contributed by atoms with Gasteiger partial charge in [0.05, 0.1) is 19.3 Å². The Morgan fingerprint density at radius 1 is 1.24 bits per heavy atom. The molecule has 4 nitrogen and oxygen atoms in total. The van der Waals surface area contributed by atoms with Crippen LogP contribution in [0.3, 0.4) is 0 Å². The lowest BCUT2D eigenvalue weighted by Crippen LogP contribution is -2.57. The zero-order valence-electron chi connectivity index (χ0n) is 13.6. The van der Waals surface area contributed by atoms with Crippen molar-refractivity contribution in [2.45, 2.75) is 45.2 Å². The molecule has 1 aromatic rings. The minimum Gasteiger partial charge on any atom is -0.379 e. The van der Waals surface area contributed by atoms with Crippen LogP contribution in [0.25, 0.3) is 0 Å². The lowest BCUT2D eigenvalue weighted by molar-refractivity contribution is -0.0238. The van der Waals surface area contributed by atoms with E-state index >= 15 is 0 Å². The minimum absolute atomic E-state index is 0.0508. The Bertz CT molecular complexity index is 424. The van der Waals surface area contributed by atoms with Gasteiger partial charge in [0.25, 0.3) is 0 Å². The molecule has 118 valence electrons. The van der Waals surface area contributed by atoms with E-state index in [-0.39, 0.29) is 11.6 Å². The van der Waals surface area contributed by atoms with Gasteiger partial charge in [-0.05, 0) is 31.4 Å². The van der Waals surface area contributed by atoms with Crippen molar-refractivity contribution in [1.82, 2.24) is 10.3 Å². The van der Waals surface area contributed by atoms with Crippen LogP contribution in [0, 0.1) is 0 Å². The first-order valence-corrected chi connectivity index (χ1v) is 7.97. The normalized spacial score (nSPS) is 18.7.